The number of rotatable bonds is 5. The average Bonchev–Trinajstić information content (AvgIpc) is 2.82. The zero-order valence-corrected chi connectivity index (χ0v) is 11.6. The van der Waals surface area contributed by atoms with Crippen molar-refractivity contribution in [3.8, 4) is 0 Å². The minimum Gasteiger partial charge on any atom is -0.387 e. The van der Waals surface area contributed by atoms with Crippen molar-refractivity contribution in [2.24, 2.45) is 11.8 Å². The number of carbonyl (C=O) groups is 1. The van der Waals surface area contributed by atoms with Gasteiger partial charge in [0.05, 0.1) is 5.60 Å². The lowest BCUT2D eigenvalue weighted by atomic mass is 9.84. The molecule has 1 saturated carbocycles. The van der Waals surface area contributed by atoms with E-state index in [0.29, 0.717) is 5.56 Å². The number of aliphatic hydroxyl groups is 1. The SMILES string of the molecule is C=C[C@H]1CC[C@H](C=C)C1(O)CNC(=O)c1ccccc1. The average molecular weight is 271 g/mol. The number of benzene rings is 1. The van der Waals surface area contributed by atoms with Gasteiger partial charge in [0.1, 0.15) is 0 Å². The zero-order chi connectivity index (χ0) is 14.6. The first kappa shape index (κ1) is 14.5. The lowest BCUT2D eigenvalue weighted by molar-refractivity contribution is -0.00500. The van der Waals surface area contributed by atoms with Gasteiger partial charge in [-0.25, -0.2) is 0 Å². The normalized spacial score (nSPS) is 24.1. The first-order valence-corrected chi connectivity index (χ1v) is 6.92. The molecule has 106 valence electrons. The number of carbonyl (C=O) groups excluding carboxylic acids is 1. The third kappa shape index (κ3) is 2.68. The second-order valence-electron chi connectivity index (χ2n) is 5.30. The van der Waals surface area contributed by atoms with Crippen molar-refractivity contribution in [3.63, 3.8) is 0 Å². The van der Waals surface area contributed by atoms with E-state index in [1.807, 2.05) is 18.2 Å². The molecule has 1 fully saturated rings. The van der Waals surface area contributed by atoms with E-state index in [9.17, 15) is 9.90 Å². The van der Waals surface area contributed by atoms with Crippen molar-refractivity contribution in [1.29, 1.82) is 0 Å². The Labute approximate surface area is 120 Å². The summed E-state index contributed by atoms with van der Waals surface area (Å²) in [6.45, 7) is 7.79. The van der Waals surface area contributed by atoms with Gasteiger partial charge in [0.25, 0.3) is 5.91 Å². The highest BCUT2D eigenvalue weighted by molar-refractivity contribution is 5.94. The Balaban J connectivity index is 2.06. The second kappa shape index (κ2) is 6.06. The van der Waals surface area contributed by atoms with Gasteiger partial charge in [0.2, 0.25) is 0 Å². The molecule has 0 saturated heterocycles. The zero-order valence-electron chi connectivity index (χ0n) is 11.6. The highest BCUT2D eigenvalue weighted by Crippen LogP contribution is 2.41. The summed E-state index contributed by atoms with van der Waals surface area (Å²) in [7, 11) is 0. The van der Waals surface area contributed by atoms with Gasteiger partial charge in [-0.2, -0.15) is 0 Å². The van der Waals surface area contributed by atoms with Crippen molar-refractivity contribution in [2.75, 3.05) is 6.54 Å². The Morgan fingerprint density at radius 3 is 2.30 bits per heavy atom. The van der Waals surface area contributed by atoms with Crippen molar-refractivity contribution in [1.82, 2.24) is 5.32 Å². The molecule has 20 heavy (non-hydrogen) atoms. The molecule has 0 heterocycles. The van der Waals surface area contributed by atoms with Gasteiger partial charge < -0.3 is 10.4 Å². The van der Waals surface area contributed by atoms with Crippen molar-refractivity contribution in [2.45, 2.75) is 18.4 Å². The molecule has 1 aromatic carbocycles. The van der Waals surface area contributed by atoms with E-state index in [1.165, 1.54) is 0 Å². The Morgan fingerprint density at radius 2 is 1.80 bits per heavy atom. The van der Waals surface area contributed by atoms with Gasteiger partial charge in [-0.1, -0.05) is 30.4 Å². The highest BCUT2D eigenvalue weighted by atomic mass is 16.3. The van der Waals surface area contributed by atoms with Crippen LogP contribution >= 0.6 is 0 Å². The Bertz CT molecular complexity index is 479. The van der Waals surface area contributed by atoms with Crippen LogP contribution in [-0.2, 0) is 0 Å². The first-order chi connectivity index (χ1) is 9.61. The van der Waals surface area contributed by atoms with Gasteiger partial charge >= 0.3 is 0 Å². The summed E-state index contributed by atoms with van der Waals surface area (Å²) in [5.74, 6) is -0.195. The summed E-state index contributed by atoms with van der Waals surface area (Å²) in [4.78, 5) is 12.1. The van der Waals surface area contributed by atoms with Gasteiger partial charge in [0.15, 0.2) is 0 Å². The van der Waals surface area contributed by atoms with Crippen LogP contribution in [-0.4, -0.2) is 23.2 Å². The van der Waals surface area contributed by atoms with E-state index in [2.05, 4.69) is 18.5 Å². The largest absolute Gasteiger partial charge is 0.387 e. The monoisotopic (exact) mass is 271 g/mol. The van der Waals surface area contributed by atoms with Crippen LogP contribution in [0.15, 0.2) is 55.6 Å². The van der Waals surface area contributed by atoms with Crippen LogP contribution in [0.4, 0.5) is 0 Å². The molecule has 3 heteroatoms. The Kier molecular flexibility index (Phi) is 4.40. The molecular weight excluding hydrogens is 250 g/mol. The topological polar surface area (TPSA) is 49.3 Å². The van der Waals surface area contributed by atoms with E-state index in [4.69, 9.17) is 0 Å². The van der Waals surface area contributed by atoms with Crippen LogP contribution in [0, 0.1) is 11.8 Å². The van der Waals surface area contributed by atoms with E-state index in [1.54, 1.807) is 24.3 Å². The quantitative estimate of drug-likeness (QED) is 0.809. The van der Waals surface area contributed by atoms with Gasteiger partial charge in [-0.05, 0) is 25.0 Å². The maximum atomic E-state index is 12.1. The maximum absolute atomic E-state index is 12.1. The fourth-order valence-electron chi connectivity index (χ4n) is 2.95. The second-order valence-corrected chi connectivity index (χ2v) is 5.30. The van der Waals surface area contributed by atoms with Crippen LogP contribution in [0.1, 0.15) is 23.2 Å². The molecule has 0 bridgehead atoms. The predicted molar refractivity (Wildman–Crippen MR) is 80.3 cm³/mol. The summed E-state index contributed by atoms with van der Waals surface area (Å²) in [5.41, 5.74) is -0.382. The molecule has 1 amide bonds. The number of hydrogen-bond acceptors (Lipinski definition) is 2. The molecule has 1 aliphatic carbocycles. The molecule has 1 aromatic rings. The fourth-order valence-corrected chi connectivity index (χ4v) is 2.95. The number of amides is 1. The van der Waals surface area contributed by atoms with Crippen LogP contribution in [0.5, 0.6) is 0 Å². The van der Waals surface area contributed by atoms with Gasteiger partial charge in [0, 0.05) is 23.9 Å². The first-order valence-electron chi connectivity index (χ1n) is 6.92. The molecule has 1 aliphatic rings. The van der Waals surface area contributed by atoms with E-state index in [-0.39, 0.29) is 24.3 Å². The number of nitrogens with one attached hydrogen (secondary N) is 1. The standard InChI is InChI=1S/C17H21NO2/c1-3-14-10-11-15(4-2)17(14,20)12-18-16(19)13-8-6-5-7-9-13/h3-9,14-15,20H,1-2,10-12H2,(H,18,19)/t14-,15-/m0/s1. The molecule has 2 rings (SSSR count). The number of hydrogen-bond donors (Lipinski definition) is 2. The van der Waals surface area contributed by atoms with E-state index < -0.39 is 5.60 Å². The van der Waals surface area contributed by atoms with Crippen LogP contribution in [0.25, 0.3) is 0 Å². The van der Waals surface area contributed by atoms with E-state index in [0.717, 1.165) is 12.8 Å². The smallest absolute Gasteiger partial charge is 0.251 e. The van der Waals surface area contributed by atoms with Crippen LogP contribution < -0.4 is 5.32 Å². The molecule has 0 aromatic heterocycles. The minimum absolute atomic E-state index is 0.0124. The molecule has 3 nitrogen and oxygen atoms in total. The third-order valence-corrected chi connectivity index (χ3v) is 4.21. The molecule has 0 unspecified atom stereocenters. The molecule has 2 atom stereocenters. The Morgan fingerprint density at radius 1 is 1.25 bits per heavy atom. The summed E-state index contributed by atoms with van der Waals surface area (Å²) < 4.78 is 0. The predicted octanol–water partition coefficient (Wildman–Crippen LogP) is 2.55. The molecule has 0 aliphatic heterocycles. The van der Waals surface area contributed by atoms with Crippen molar-refractivity contribution >= 4 is 5.91 Å². The van der Waals surface area contributed by atoms with Crippen LogP contribution in [0.2, 0.25) is 0 Å². The highest BCUT2D eigenvalue weighted by Gasteiger charge is 2.46. The van der Waals surface area contributed by atoms with Crippen LogP contribution in [0.3, 0.4) is 0 Å². The fraction of sp³-hybridized carbons (Fsp3) is 0.353. The summed E-state index contributed by atoms with van der Waals surface area (Å²) >= 11 is 0. The lowest BCUT2D eigenvalue weighted by Crippen LogP contribution is -2.49. The molecule has 0 spiro atoms. The Hall–Kier alpha value is -1.87. The van der Waals surface area contributed by atoms with E-state index >= 15 is 0 Å². The minimum atomic E-state index is -0.978. The lowest BCUT2D eigenvalue weighted by Gasteiger charge is -2.33. The van der Waals surface area contributed by atoms with Crippen molar-refractivity contribution < 1.29 is 9.90 Å². The van der Waals surface area contributed by atoms with Gasteiger partial charge in [-0.15, -0.1) is 13.2 Å². The summed E-state index contributed by atoms with van der Waals surface area (Å²) in [5, 5.41) is 13.7. The molecule has 2 N–H and O–H groups in total. The van der Waals surface area contributed by atoms with Gasteiger partial charge in [-0.3, -0.25) is 4.79 Å². The molecule has 0 radical (unpaired) electrons. The maximum Gasteiger partial charge on any atom is 0.251 e. The van der Waals surface area contributed by atoms with Crippen molar-refractivity contribution in [3.05, 3.63) is 61.2 Å². The third-order valence-electron chi connectivity index (χ3n) is 4.21. The summed E-state index contributed by atoms with van der Waals surface area (Å²) in [6, 6.07) is 9.01. The summed E-state index contributed by atoms with van der Waals surface area (Å²) in [6.07, 6.45) is 5.30. The molecular formula is C17H21NO2.